The van der Waals surface area contributed by atoms with E-state index in [1.807, 2.05) is 43.3 Å². The van der Waals surface area contributed by atoms with Crippen LogP contribution >= 0.6 is 0 Å². The number of pyridine rings is 1. The quantitative estimate of drug-likeness (QED) is 0.765. The summed E-state index contributed by atoms with van der Waals surface area (Å²) in [6.07, 6.45) is 1.79. The maximum atomic E-state index is 6.18. The number of ether oxygens (including phenoxy) is 1. The lowest BCUT2D eigenvalue weighted by Crippen LogP contribution is -1.97. The van der Waals surface area contributed by atoms with Crippen molar-refractivity contribution in [3.8, 4) is 17.0 Å². The SMILES string of the molecule is COc1ccc(-c2nccc(C)c2N)c2ccccc12. The van der Waals surface area contributed by atoms with Crippen LogP contribution < -0.4 is 10.5 Å². The number of hydrogen-bond acceptors (Lipinski definition) is 3. The van der Waals surface area contributed by atoms with Gasteiger partial charge in [-0.2, -0.15) is 0 Å². The predicted octanol–water partition coefficient (Wildman–Crippen LogP) is 3.80. The van der Waals surface area contributed by atoms with Gasteiger partial charge in [0.1, 0.15) is 5.75 Å². The Labute approximate surface area is 118 Å². The second-order valence-corrected chi connectivity index (χ2v) is 4.75. The topological polar surface area (TPSA) is 48.1 Å². The van der Waals surface area contributed by atoms with Crippen molar-refractivity contribution in [3.63, 3.8) is 0 Å². The molecule has 20 heavy (non-hydrogen) atoms. The van der Waals surface area contributed by atoms with Gasteiger partial charge in [-0.25, -0.2) is 0 Å². The van der Waals surface area contributed by atoms with Crippen LogP contribution in [0.2, 0.25) is 0 Å². The van der Waals surface area contributed by atoms with Gasteiger partial charge >= 0.3 is 0 Å². The Morgan fingerprint density at radius 1 is 1.00 bits per heavy atom. The number of nitrogens with two attached hydrogens (primary N) is 1. The lowest BCUT2D eigenvalue weighted by Gasteiger charge is -2.12. The summed E-state index contributed by atoms with van der Waals surface area (Å²) in [7, 11) is 1.68. The molecule has 1 heterocycles. The van der Waals surface area contributed by atoms with Crippen molar-refractivity contribution in [1.82, 2.24) is 4.98 Å². The second kappa shape index (κ2) is 4.85. The number of aromatic nitrogens is 1. The molecule has 2 N–H and O–H groups in total. The molecule has 0 saturated carbocycles. The summed E-state index contributed by atoms with van der Waals surface area (Å²) in [4.78, 5) is 4.45. The molecule has 0 bridgehead atoms. The van der Waals surface area contributed by atoms with Gasteiger partial charge in [-0.05, 0) is 36.1 Å². The molecule has 3 nitrogen and oxygen atoms in total. The highest BCUT2D eigenvalue weighted by atomic mass is 16.5. The van der Waals surface area contributed by atoms with Crippen molar-refractivity contribution < 1.29 is 4.74 Å². The van der Waals surface area contributed by atoms with E-state index in [-0.39, 0.29) is 0 Å². The Kier molecular flexibility index (Phi) is 3.03. The van der Waals surface area contributed by atoms with Crippen LogP contribution in [0.3, 0.4) is 0 Å². The fourth-order valence-corrected chi connectivity index (χ4v) is 2.44. The average molecular weight is 264 g/mol. The summed E-state index contributed by atoms with van der Waals surface area (Å²) >= 11 is 0. The molecule has 3 heteroatoms. The van der Waals surface area contributed by atoms with Gasteiger partial charge in [0.2, 0.25) is 0 Å². The third-order valence-electron chi connectivity index (χ3n) is 3.57. The van der Waals surface area contributed by atoms with Crippen molar-refractivity contribution in [3.05, 3.63) is 54.2 Å². The fourth-order valence-electron chi connectivity index (χ4n) is 2.44. The van der Waals surface area contributed by atoms with Gasteiger partial charge in [-0.15, -0.1) is 0 Å². The number of anilines is 1. The number of methoxy groups -OCH3 is 1. The summed E-state index contributed by atoms with van der Waals surface area (Å²) in [6.45, 7) is 1.99. The third-order valence-corrected chi connectivity index (χ3v) is 3.57. The second-order valence-electron chi connectivity index (χ2n) is 4.75. The summed E-state index contributed by atoms with van der Waals surface area (Å²) < 4.78 is 5.42. The first-order valence-corrected chi connectivity index (χ1v) is 6.49. The monoisotopic (exact) mass is 264 g/mol. The highest BCUT2D eigenvalue weighted by Gasteiger charge is 2.12. The molecule has 0 aliphatic rings. The summed E-state index contributed by atoms with van der Waals surface area (Å²) in [5.41, 5.74) is 9.80. The highest BCUT2D eigenvalue weighted by Crippen LogP contribution is 2.36. The Balaban J connectivity index is 2.35. The predicted molar refractivity (Wildman–Crippen MR) is 82.9 cm³/mol. The molecule has 1 aromatic heterocycles. The lowest BCUT2D eigenvalue weighted by atomic mass is 9.99. The lowest BCUT2D eigenvalue weighted by molar-refractivity contribution is 0.420. The zero-order valence-corrected chi connectivity index (χ0v) is 11.6. The first-order chi connectivity index (χ1) is 9.72. The van der Waals surface area contributed by atoms with Crippen molar-refractivity contribution in [2.24, 2.45) is 0 Å². The van der Waals surface area contributed by atoms with Crippen LogP contribution in [-0.4, -0.2) is 12.1 Å². The molecule has 0 aliphatic heterocycles. The molecule has 0 spiro atoms. The number of nitrogens with zero attached hydrogens (tertiary/aromatic N) is 1. The van der Waals surface area contributed by atoms with E-state index in [9.17, 15) is 0 Å². The van der Waals surface area contributed by atoms with Crippen LogP contribution in [0.15, 0.2) is 48.7 Å². The van der Waals surface area contributed by atoms with Crippen molar-refractivity contribution in [2.75, 3.05) is 12.8 Å². The molecule has 0 amide bonds. The minimum Gasteiger partial charge on any atom is -0.496 e. The van der Waals surface area contributed by atoms with Crippen LogP contribution in [0.25, 0.3) is 22.0 Å². The van der Waals surface area contributed by atoms with Crippen LogP contribution in [0.5, 0.6) is 5.75 Å². The molecule has 0 saturated heterocycles. The van der Waals surface area contributed by atoms with Crippen LogP contribution in [-0.2, 0) is 0 Å². The number of benzene rings is 2. The summed E-state index contributed by atoms with van der Waals surface area (Å²) in [6, 6.07) is 14.0. The number of fused-ring (bicyclic) bond motifs is 1. The first kappa shape index (κ1) is 12.5. The first-order valence-electron chi connectivity index (χ1n) is 6.49. The number of nitrogen functional groups attached to an aromatic ring is 1. The number of rotatable bonds is 2. The van der Waals surface area contributed by atoms with Gasteiger partial charge in [0.25, 0.3) is 0 Å². The van der Waals surface area contributed by atoms with Crippen LogP contribution in [0.1, 0.15) is 5.56 Å². The van der Waals surface area contributed by atoms with Gasteiger partial charge < -0.3 is 10.5 Å². The minimum absolute atomic E-state index is 0.725. The molecule has 0 unspecified atom stereocenters. The molecule has 0 fully saturated rings. The van der Waals surface area contributed by atoms with E-state index >= 15 is 0 Å². The summed E-state index contributed by atoms with van der Waals surface area (Å²) in [5.74, 6) is 0.857. The maximum absolute atomic E-state index is 6.18. The van der Waals surface area contributed by atoms with Crippen LogP contribution in [0, 0.1) is 6.92 Å². The third kappa shape index (κ3) is 1.88. The Bertz CT molecular complexity index is 781. The molecular formula is C17H16N2O. The molecule has 0 atom stereocenters. The average Bonchev–Trinajstić information content (AvgIpc) is 2.49. The van der Waals surface area contributed by atoms with Crippen molar-refractivity contribution in [1.29, 1.82) is 0 Å². The zero-order chi connectivity index (χ0) is 14.1. The van der Waals surface area contributed by atoms with E-state index in [1.165, 1.54) is 0 Å². The molecule has 2 aromatic carbocycles. The smallest absolute Gasteiger partial charge is 0.126 e. The van der Waals surface area contributed by atoms with Gasteiger partial charge in [-0.1, -0.05) is 24.3 Å². The molecule has 3 rings (SSSR count). The number of hydrogen-bond donors (Lipinski definition) is 1. The van der Waals surface area contributed by atoms with Crippen molar-refractivity contribution in [2.45, 2.75) is 6.92 Å². The van der Waals surface area contributed by atoms with Crippen LogP contribution in [0.4, 0.5) is 5.69 Å². The maximum Gasteiger partial charge on any atom is 0.126 e. The Morgan fingerprint density at radius 3 is 2.50 bits per heavy atom. The van der Waals surface area contributed by atoms with E-state index in [1.54, 1.807) is 13.3 Å². The van der Waals surface area contributed by atoms with E-state index < -0.39 is 0 Å². The largest absolute Gasteiger partial charge is 0.496 e. The van der Waals surface area contributed by atoms with Gasteiger partial charge in [0, 0.05) is 17.1 Å². The van der Waals surface area contributed by atoms with Crippen molar-refractivity contribution >= 4 is 16.5 Å². The highest BCUT2D eigenvalue weighted by molar-refractivity contribution is 6.01. The zero-order valence-electron chi connectivity index (χ0n) is 11.6. The van der Waals surface area contributed by atoms with Gasteiger partial charge in [0.05, 0.1) is 18.5 Å². The minimum atomic E-state index is 0.725. The number of aryl methyl sites for hydroxylation is 1. The fraction of sp³-hybridized carbons (Fsp3) is 0.118. The normalized spacial score (nSPS) is 10.7. The molecule has 0 aliphatic carbocycles. The molecular weight excluding hydrogens is 248 g/mol. The Hall–Kier alpha value is -2.55. The van der Waals surface area contributed by atoms with E-state index in [0.717, 1.165) is 39.0 Å². The van der Waals surface area contributed by atoms with E-state index in [4.69, 9.17) is 10.5 Å². The molecule has 3 aromatic rings. The Morgan fingerprint density at radius 2 is 1.75 bits per heavy atom. The van der Waals surface area contributed by atoms with E-state index in [2.05, 4.69) is 11.1 Å². The van der Waals surface area contributed by atoms with E-state index in [0.29, 0.717) is 0 Å². The van der Waals surface area contributed by atoms with Gasteiger partial charge in [-0.3, -0.25) is 4.98 Å². The molecule has 100 valence electrons. The standard InChI is InChI=1S/C17H16N2O/c1-11-9-10-19-17(16(11)18)14-7-8-15(20-2)13-6-4-3-5-12(13)14/h3-10H,18H2,1-2H3. The summed E-state index contributed by atoms with van der Waals surface area (Å²) in [5, 5.41) is 2.16. The molecule has 0 radical (unpaired) electrons. The van der Waals surface area contributed by atoms with Gasteiger partial charge in [0.15, 0.2) is 0 Å².